The molecule has 0 aromatic carbocycles. The third-order valence-corrected chi connectivity index (χ3v) is 4.63. The minimum absolute atomic E-state index is 0.0800. The Morgan fingerprint density at radius 3 is 2.65 bits per heavy atom. The van der Waals surface area contributed by atoms with Crippen molar-refractivity contribution >= 4 is 33.3 Å². The van der Waals surface area contributed by atoms with Gasteiger partial charge in [-0.2, -0.15) is 0 Å². The van der Waals surface area contributed by atoms with E-state index in [1.54, 1.807) is 11.3 Å². The van der Waals surface area contributed by atoms with Crippen LogP contribution in [0.4, 0.5) is 4.79 Å². The van der Waals surface area contributed by atoms with Crippen LogP contribution in [-0.4, -0.2) is 24.0 Å². The highest BCUT2D eigenvalue weighted by molar-refractivity contribution is 9.10. The molecule has 1 fully saturated rings. The molecule has 94 valence electrons. The van der Waals surface area contributed by atoms with Crippen LogP contribution >= 0.6 is 27.3 Å². The van der Waals surface area contributed by atoms with Crippen LogP contribution in [-0.2, 0) is 6.54 Å². The molecule has 1 aliphatic rings. The molecule has 2 rings (SSSR count). The summed E-state index contributed by atoms with van der Waals surface area (Å²) in [5.74, 6) is 0. The highest BCUT2D eigenvalue weighted by Crippen LogP contribution is 2.19. The number of hydrogen-bond donors (Lipinski definition) is 1. The monoisotopic (exact) mass is 316 g/mol. The maximum atomic E-state index is 11.9. The van der Waals surface area contributed by atoms with Gasteiger partial charge >= 0.3 is 6.03 Å². The average molecular weight is 317 g/mol. The van der Waals surface area contributed by atoms with E-state index in [0.717, 1.165) is 30.4 Å². The number of amides is 2. The molecule has 0 radical (unpaired) electrons. The summed E-state index contributed by atoms with van der Waals surface area (Å²) in [5.41, 5.74) is 0. The molecule has 2 heterocycles. The van der Waals surface area contributed by atoms with Gasteiger partial charge in [0, 0.05) is 27.8 Å². The van der Waals surface area contributed by atoms with E-state index in [-0.39, 0.29) is 6.03 Å². The summed E-state index contributed by atoms with van der Waals surface area (Å²) in [6.45, 7) is 2.44. The molecule has 1 saturated heterocycles. The van der Waals surface area contributed by atoms with Crippen molar-refractivity contribution in [2.75, 3.05) is 13.1 Å². The van der Waals surface area contributed by atoms with Gasteiger partial charge in [0.15, 0.2) is 0 Å². The largest absolute Gasteiger partial charge is 0.333 e. The number of halogens is 1. The minimum atomic E-state index is 0.0800. The second-order valence-electron chi connectivity index (χ2n) is 4.29. The maximum Gasteiger partial charge on any atom is 0.317 e. The molecule has 5 heteroatoms. The number of nitrogens with zero attached hydrogens (tertiary/aromatic N) is 1. The zero-order chi connectivity index (χ0) is 12.1. The normalized spacial score (nSPS) is 16.6. The lowest BCUT2D eigenvalue weighted by atomic mass is 10.2. The summed E-state index contributed by atoms with van der Waals surface area (Å²) in [6, 6.07) is 2.13. The minimum Gasteiger partial charge on any atom is -0.333 e. The van der Waals surface area contributed by atoms with E-state index in [1.165, 1.54) is 17.7 Å². The van der Waals surface area contributed by atoms with Crippen molar-refractivity contribution in [2.24, 2.45) is 0 Å². The fourth-order valence-corrected chi connectivity index (χ4v) is 3.39. The number of urea groups is 1. The van der Waals surface area contributed by atoms with E-state index in [4.69, 9.17) is 0 Å². The Bertz CT molecular complexity index is 372. The number of likely N-dealkylation sites (tertiary alicyclic amines) is 1. The van der Waals surface area contributed by atoms with Gasteiger partial charge in [-0.15, -0.1) is 11.3 Å². The van der Waals surface area contributed by atoms with Crippen molar-refractivity contribution in [1.82, 2.24) is 10.2 Å². The molecule has 17 heavy (non-hydrogen) atoms. The highest BCUT2D eigenvalue weighted by atomic mass is 79.9. The number of thiophene rings is 1. The van der Waals surface area contributed by atoms with Crippen LogP contribution in [0.3, 0.4) is 0 Å². The lowest BCUT2D eigenvalue weighted by Crippen LogP contribution is -2.39. The molecule has 3 nitrogen and oxygen atoms in total. The molecule has 0 spiro atoms. The molecule has 0 saturated carbocycles. The van der Waals surface area contributed by atoms with Crippen molar-refractivity contribution in [3.8, 4) is 0 Å². The van der Waals surface area contributed by atoms with Gasteiger partial charge in [-0.05, 0) is 34.8 Å². The van der Waals surface area contributed by atoms with Gasteiger partial charge in [-0.3, -0.25) is 0 Å². The third kappa shape index (κ3) is 4.00. The van der Waals surface area contributed by atoms with Gasteiger partial charge in [-0.25, -0.2) is 4.79 Å². The summed E-state index contributed by atoms with van der Waals surface area (Å²) in [5, 5.41) is 5.02. The molecular formula is C12H17BrN2OS. The Balaban J connectivity index is 1.79. The molecule has 1 aromatic rings. The van der Waals surface area contributed by atoms with Crippen LogP contribution in [0.25, 0.3) is 0 Å². The Labute approximate surface area is 114 Å². The first-order chi connectivity index (χ1) is 8.25. The van der Waals surface area contributed by atoms with E-state index < -0.39 is 0 Å². The van der Waals surface area contributed by atoms with Gasteiger partial charge in [0.1, 0.15) is 0 Å². The molecule has 0 unspecified atom stereocenters. The van der Waals surface area contributed by atoms with Crippen LogP contribution in [0.5, 0.6) is 0 Å². The first-order valence-electron chi connectivity index (χ1n) is 6.01. The Morgan fingerprint density at radius 1 is 1.35 bits per heavy atom. The van der Waals surface area contributed by atoms with Crippen molar-refractivity contribution < 1.29 is 4.79 Å². The second-order valence-corrected chi connectivity index (χ2v) is 6.20. The summed E-state index contributed by atoms with van der Waals surface area (Å²) in [7, 11) is 0. The zero-order valence-electron chi connectivity index (χ0n) is 9.75. The number of rotatable bonds is 2. The second kappa shape index (κ2) is 6.40. The fraction of sp³-hybridized carbons (Fsp3) is 0.583. The van der Waals surface area contributed by atoms with E-state index in [2.05, 4.69) is 21.2 Å². The van der Waals surface area contributed by atoms with Crippen LogP contribution in [0.2, 0.25) is 0 Å². The molecule has 1 aliphatic heterocycles. The lowest BCUT2D eigenvalue weighted by Gasteiger charge is -2.20. The SMILES string of the molecule is O=C(NCc1cc(Br)cs1)N1CCCCCC1. The summed E-state index contributed by atoms with van der Waals surface area (Å²) in [6.07, 6.45) is 4.78. The number of hydrogen-bond acceptors (Lipinski definition) is 2. The molecule has 0 bridgehead atoms. The quantitative estimate of drug-likeness (QED) is 0.888. The van der Waals surface area contributed by atoms with Crippen LogP contribution in [0, 0.1) is 0 Å². The fourth-order valence-electron chi connectivity index (χ4n) is 1.99. The molecule has 1 N–H and O–H groups in total. The van der Waals surface area contributed by atoms with E-state index in [9.17, 15) is 4.79 Å². The maximum absolute atomic E-state index is 11.9. The number of carbonyl (C=O) groups excluding carboxylic acids is 1. The number of nitrogens with one attached hydrogen (secondary N) is 1. The molecule has 2 amide bonds. The Hall–Kier alpha value is -0.550. The van der Waals surface area contributed by atoms with Gasteiger partial charge in [0.25, 0.3) is 0 Å². The van der Waals surface area contributed by atoms with E-state index >= 15 is 0 Å². The van der Waals surface area contributed by atoms with Crippen LogP contribution < -0.4 is 5.32 Å². The first kappa shape index (κ1) is 12.9. The van der Waals surface area contributed by atoms with E-state index in [1.807, 2.05) is 16.3 Å². The van der Waals surface area contributed by atoms with Gasteiger partial charge in [0.05, 0.1) is 6.54 Å². The van der Waals surface area contributed by atoms with Gasteiger partial charge in [-0.1, -0.05) is 12.8 Å². The summed E-state index contributed by atoms with van der Waals surface area (Å²) in [4.78, 5) is 15.1. The summed E-state index contributed by atoms with van der Waals surface area (Å²) >= 11 is 5.08. The molecule has 0 atom stereocenters. The van der Waals surface area contributed by atoms with E-state index in [0.29, 0.717) is 6.54 Å². The van der Waals surface area contributed by atoms with Crippen LogP contribution in [0.1, 0.15) is 30.6 Å². The average Bonchev–Trinajstić information content (AvgIpc) is 2.58. The highest BCUT2D eigenvalue weighted by Gasteiger charge is 2.14. The summed E-state index contributed by atoms with van der Waals surface area (Å²) < 4.78 is 1.08. The first-order valence-corrected chi connectivity index (χ1v) is 7.68. The predicted octanol–water partition coefficient (Wildman–Crippen LogP) is 3.60. The predicted molar refractivity (Wildman–Crippen MR) is 74.3 cm³/mol. The topological polar surface area (TPSA) is 32.3 Å². The lowest BCUT2D eigenvalue weighted by molar-refractivity contribution is 0.199. The van der Waals surface area contributed by atoms with Crippen molar-refractivity contribution in [3.63, 3.8) is 0 Å². The standard InChI is InChI=1S/C12H17BrN2OS/c13-10-7-11(17-9-10)8-14-12(16)15-5-3-1-2-4-6-15/h7,9H,1-6,8H2,(H,14,16). The van der Waals surface area contributed by atoms with Crippen molar-refractivity contribution in [2.45, 2.75) is 32.2 Å². The Morgan fingerprint density at radius 2 is 2.06 bits per heavy atom. The molecular weight excluding hydrogens is 300 g/mol. The molecule has 0 aliphatic carbocycles. The third-order valence-electron chi connectivity index (χ3n) is 2.93. The smallest absolute Gasteiger partial charge is 0.317 e. The van der Waals surface area contributed by atoms with Crippen LogP contribution in [0.15, 0.2) is 15.9 Å². The van der Waals surface area contributed by atoms with Crippen molar-refractivity contribution in [3.05, 3.63) is 20.8 Å². The Kier molecular flexibility index (Phi) is 4.86. The zero-order valence-corrected chi connectivity index (χ0v) is 12.1. The molecule has 1 aromatic heterocycles. The van der Waals surface area contributed by atoms with Gasteiger partial charge in [0.2, 0.25) is 0 Å². The number of carbonyl (C=O) groups is 1. The van der Waals surface area contributed by atoms with Gasteiger partial charge < -0.3 is 10.2 Å². The van der Waals surface area contributed by atoms with Crippen molar-refractivity contribution in [1.29, 1.82) is 0 Å².